The van der Waals surface area contributed by atoms with Gasteiger partial charge < -0.3 is 9.57 Å². The molecule has 0 aromatic heterocycles. The number of hydrogen-bond donors (Lipinski definition) is 0. The van der Waals surface area contributed by atoms with Crippen molar-refractivity contribution in [3.05, 3.63) is 30.3 Å². The molecule has 0 radical (unpaired) electrons. The van der Waals surface area contributed by atoms with Gasteiger partial charge in [-0.1, -0.05) is 44.9 Å². The van der Waals surface area contributed by atoms with Crippen LogP contribution in [0.1, 0.15) is 39.5 Å². The van der Waals surface area contributed by atoms with E-state index in [1.54, 1.807) is 5.06 Å². The number of thiocarbonyl (C=S) groups is 1. The van der Waals surface area contributed by atoms with Crippen LogP contribution in [0.15, 0.2) is 30.3 Å². The molecule has 106 valence electrons. The molecule has 19 heavy (non-hydrogen) atoms. The highest BCUT2D eigenvalue weighted by molar-refractivity contribution is 7.79. The molecule has 0 aliphatic heterocycles. The van der Waals surface area contributed by atoms with E-state index in [0.717, 1.165) is 31.6 Å². The second-order valence-electron chi connectivity index (χ2n) is 4.33. The molecule has 3 nitrogen and oxygen atoms in total. The summed E-state index contributed by atoms with van der Waals surface area (Å²) in [7, 11) is 0. The summed E-state index contributed by atoms with van der Waals surface area (Å²) in [6.45, 7) is 5.63. The van der Waals surface area contributed by atoms with Gasteiger partial charge >= 0.3 is 0 Å². The molecule has 0 unspecified atom stereocenters. The summed E-state index contributed by atoms with van der Waals surface area (Å²) in [6.07, 6.45) is 4.32. The molecule has 4 heteroatoms. The largest absolute Gasteiger partial charge is 0.469 e. The summed E-state index contributed by atoms with van der Waals surface area (Å²) in [6, 6.07) is 9.64. The van der Waals surface area contributed by atoms with E-state index in [1.807, 2.05) is 30.3 Å². The number of hydrogen-bond acceptors (Lipinski definition) is 3. The third kappa shape index (κ3) is 6.43. The van der Waals surface area contributed by atoms with Crippen LogP contribution in [-0.4, -0.2) is 23.4 Å². The highest BCUT2D eigenvalue weighted by Gasteiger charge is 2.12. The van der Waals surface area contributed by atoms with E-state index < -0.39 is 0 Å². The molecule has 1 aromatic carbocycles. The van der Waals surface area contributed by atoms with Gasteiger partial charge in [0.25, 0.3) is 5.17 Å². The average molecular weight is 281 g/mol. The van der Waals surface area contributed by atoms with E-state index >= 15 is 0 Å². The molecule has 0 amide bonds. The van der Waals surface area contributed by atoms with E-state index in [4.69, 9.17) is 21.8 Å². The fraction of sp³-hybridized carbons (Fsp3) is 0.533. The van der Waals surface area contributed by atoms with E-state index in [9.17, 15) is 0 Å². The van der Waals surface area contributed by atoms with Crippen LogP contribution in [-0.2, 0) is 4.74 Å². The van der Waals surface area contributed by atoms with Crippen molar-refractivity contribution >= 4 is 17.4 Å². The predicted octanol–water partition coefficient (Wildman–Crippen LogP) is 4.18. The van der Waals surface area contributed by atoms with E-state index in [2.05, 4.69) is 13.8 Å². The van der Waals surface area contributed by atoms with Gasteiger partial charge in [0, 0.05) is 0 Å². The molecule has 0 saturated carbocycles. The van der Waals surface area contributed by atoms with Gasteiger partial charge in [0.2, 0.25) is 0 Å². The first-order valence-corrected chi connectivity index (χ1v) is 7.36. The lowest BCUT2D eigenvalue weighted by Gasteiger charge is -2.23. The van der Waals surface area contributed by atoms with Gasteiger partial charge in [0.05, 0.1) is 13.2 Å². The molecule has 0 aliphatic rings. The third-order valence-electron chi connectivity index (χ3n) is 2.56. The summed E-state index contributed by atoms with van der Waals surface area (Å²) in [4.78, 5) is 5.74. The van der Waals surface area contributed by atoms with Crippen molar-refractivity contribution in [2.75, 3.05) is 13.2 Å². The van der Waals surface area contributed by atoms with Crippen molar-refractivity contribution in [2.24, 2.45) is 0 Å². The van der Waals surface area contributed by atoms with Crippen LogP contribution in [0.4, 0.5) is 0 Å². The molecule has 1 aromatic rings. The van der Waals surface area contributed by atoms with Gasteiger partial charge in [-0.2, -0.15) is 5.06 Å². The molecular formula is C15H23NO2S. The van der Waals surface area contributed by atoms with Gasteiger partial charge in [-0.05, 0) is 37.2 Å². The van der Waals surface area contributed by atoms with E-state index in [0.29, 0.717) is 11.8 Å². The average Bonchev–Trinajstić information content (AvgIpc) is 2.44. The van der Waals surface area contributed by atoms with Crippen LogP contribution in [0, 0.1) is 0 Å². The van der Waals surface area contributed by atoms with Crippen LogP contribution in [0.25, 0.3) is 0 Å². The SMILES string of the molecule is CCCCCOC(=S)N(CCC)Oc1ccccc1. The van der Waals surface area contributed by atoms with Crippen molar-refractivity contribution in [3.63, 3.8) is 0 Å². The van der Waals surface area contributed by atoms with Crippen LogP contribution in [0.5, 0.6) is 5.75 Å². The quantitative estimate of drug-likeness (QED) is 0.405. The number of rotatable bonds is 8. The zero-order valence-electron chi connectivity index (χ0n) is 11.8. The fourth-order valence-corrected chi connectivity index (χ4v) is 1.78. The number of para-hydroxylation sites is 1. The van der Waals surface area contributed by atoms with Crippen molar-refractivity contribution in [3.8, 4) is 5.75 Å². The second-order valence-corrected chi connectivity index (χ2v) is 4.68. The number of benzene rings is 1. The fourth-order valence-electron chi connectivity index (χ4n) is 1.57. The highest BCUT2D eigenvalue weighted by atomic mass is 32.1. The van der Waals surface area contributed by atoms with Crippen LogP contribution < -0.4 is 4.84 Å². The minimum atomic E-state index is 0.418. The molecule has 0 fully saturated rings. The molecule has 1 rings (SSSR count). The minimum Gasteiger partial charge on any atom is -0.469 e. The Morgan fingerprint density at radius 1 is 1.11 bits per heavy atom. The van der Waals surface area contributed by atoms with E-state index in [1.165, 1.54) is 6.42 Å². The summed E-state index contributed by atoms with van der Waals surface area (Å²) in [5.41, 5.74) is 0. The van der Waals surface area contributed by atoms with Crippen molar-refractivity contribution in [1.82, 2.24) is 5.06 Å². The molecule has 0 bridgehead atoms. The van der Waals surface area contributed by atoms with Crippen LogP contribution >= 0.6 is 12.2 Å². The van der Waals surface area contributed by atoms with Crippen molar-refractivity contribution < 1.29 is 9.57 Å². The first-order chi connectivity index (χ1) is 9.27. The summed E-state index contributed by atoms with van der Waals surface area (Å²) in [5.74, 6) is 0.774. The molecule has 0 N–H and O–H groups in total. The molecule has 0 spiro atoms. The Kier molecular flexibility index (Phi) is 7.98. The lowest BCUT2D eigenvalue weighted by atomic mass is 10.3. The lowest BCUT2D eigenvalue weighted by Crippen LogP contribution is -2.35. The zero-order valence-corrected chi connectivity index (χ0v) is 12.6. The first-order valence-electron chi connectivity index (χ1n) is 6.95. The van der Waals surface area contributed by atoms with Gasteiger partial charge in [-0.15, -0.1) is 0 Å². The monoisotopic (exact) mass is 281 g/mol. The highest BCUT2D eigenvalue weighted by Crippen LogP contribution is 2.12. The Labute approximate surface area is 121 Å². The van der Waals surface area contributed by atoms with Crippen LogP contribution in [0.2, 0.25) is 0 Å². The first kappa shape index (κ1) is 15.8. The lowest BCUT2D eigenvalue weighted by molar-refractivity contribution is -0.00565. The molecular weight excluding hydrogens is 258 g/mol. The van der Waals surface area contributed by atoms with Gasteiger partial charge in [0.1, 0.15) is 0 Å². The van der Waals surface area contributed by atoms with Crippen molar-refractivity contribution in [2.45, 2.75) is 39.5 Å². The van der Waals surface area contributed by atoms with Gasteiger partial charge in [-0.25, -0.2) is 0 Å². The Morgan fingerprint density at radius 2 is 1.84 bits per heavy atom. The molecule has 0 aliphatic carbocycles. The smallest absolute Gasteiger partial charge is 0.293 e. The third-order valence-corrected chi connectivity index (χ3v) is 2.88. The second kappa shape index (κ2) is 9.62. The number of unbranched alkanes of at least 4 members (excludes halogenated alkanes) is 2. The number of nitrogens with zero attached hydrogens (tertiary/aromatic N) is 1. The number of ether oxygens (including phenoxy) is 1. The summed E-state index contributed by atoms with van der Waals surface area (Å²) in [5, 5.41) is 2.07. The summed E-state index contributed by atoms with van der Waals surface area (Å²) < 4.78 is 5.56. The van der Waals surface area contributed by atoms with Crippen molar-refractivity contribution in [1.29, 1.82) is 0 Å². The maximum absolute atomic E-state index is 5.74. The Bertz CT molecular complexity index is 356. The Balaban J connectivity index is 2.44. The minimum absolute atomic E-state index is 0.418. The molecule has 0 heterocycles. The van der Waals surface area contributed by atoms with E-state index in [-0.39, 0.29) is 0 Å². The predicted molar refractivity (Wildman–Crippen MR) is 82.1 cm³/mol. The van der Waals surface area contributed by atoms with Crippen LogP contribution in [0.3, 0.4) is 0 Å². The maximum Gasteiger partial charge on any atom is 0.293 e. The summed E-state index contributed by atoms with van der Waals surface area (Å²) >= 11 is 5.27. The molecule has 0 saturated heterocycles. The standard InChI is InChI=1S/C15H23NO2S/c1-3-5-9-13-17-15(19)16(12-4-2)18-14-10-7-6-8-11-14/h6-8,10-11H,3-5,9,12-13H2,1-2H3. The topological polar surface area (TPSA) is 21.7 Å². The zero-order chi connectivity index (χ0) is 13.9. The molecule has 0 atom stereocenters. The normalized spacial score (nSPS) is 10.0. The van der Waals surface area contributed by atoms with Gasteiger partial charge in [0.15, 0.2) is 5.75 Å². The maximum atomic E-state index is 5.74. The van der Waals surface area contributed by atoms with Gasteiger partial charge in [-0.3, -0.25) is 0 Å². The Morgan fingerprint density at radius 3 is 2.47 bits per heavy atom. The number of hydroxylamine groups is 2. The Hall–Kier alpha value is -1.29.